The van der Waals surface area contributed by atoms with Crippen molar-refractivity contribution in [2.24, 2.45) is 0 Å². The molecule has 53 heavy (non-hydrogen) atoms. The number of morpholine rings is 1. The van der Waals surface area contributed by atoms with Crippen molar-refractivity contribution in [3.05, 3.63) is 81.8 Å². The minimum absolute atomic E-state index is 0.0376. The van der Waals surface area contributed by atoms with E-state index in [4.69, 9.17) is 26.4 Å². The summed E-state index contributed by atoms with van der Waals surface area (Å²) in [7, 11) is 1.30. The van der Waals surface area contributed by atoms with Gasteiger partial charge >= 0.3 is 18.3 Å². The first-order valence-electron chi connectivity index (χ1n) is 15.9. The number of alkyl halides is 6. The summed E-state index contributed by atoms with van der Waals surface area (Å²) in [4.78, 5) is 40.7. The van der Waals surface area contributed by atoms with E-state index in [0.717, 1.165) is 11.8 Å². The van der Waals surface area contributed by atoms with Crippen molar-refractivity contribution in [3.63, 3.8) is 0 Å². The maximum atomic E-state index is 13.8. The molecule has 2 aliphatic heterocycles. The van der Waals surface area contributed by atoms with E-state index in [1.807, 2.05) is 4.90 Å². The Bertz CT molecular complexity index is 1900. The standard InChI is InChI=1S/C35H31F6N3O7S2/c1-49-28-18-21(32(47)48)3-4-26(28)42-30(45)6-7-44-31(46)29(53-33(44)52)15-20-2-5-27(51-13-10-43-8-11-50-12-9-43)25(14-20)22-16-23(34(36,37)38)19-24(17-22)35(39,40)41/h2-5,14-19H,6-13H2,1H3,(H,42,45)(H,47,48). The number of aromatic carboxylic acids is 1. The number of hydrogen-bond donors (Lipinski definition) is 2. The number of thiocarbonyl (C=S) groups is 1. The van der Waals surface area contributed by atoms with Gasteiger partial charge in [-0.3, -0.25) is 19.4 Å². The fraction of sp³-hybridized carbons (Fsp3) is 0.314. The zero-order valence-corrected chi connectivity index (χ0v) is 29.4. The number of carboxylic acids is 1. The van der Waals surface area contributed by atoms with Crippen molar-refractivity contribution in [3.8, 4) is 22.6 Å². The molecule has 0 saturated carbocycles. The number of nitrogens with zero attached hydrogens (tertiary/aromatic N) is 2. The molecule has 0 aromatic heterocycles. The minimum atomic E-state index is -5.08. The third-order valence-electron chi connectivity index (χ3n) is 8.13. The molecule has 2 fully saturated rings. The third-order valence-corrected chi connectivity index (χ3v) is 9.51. The summed E-state index contributed by atoms with van der Waals surface area (Å²) in [5.74, 6) is -2.13. The Labute approximate surface area is 308 Å². The molecular formula is C35H31F6N3O7S2. The summed E-state index contributed by atoms with van der Waals surface area (Å²) in [6.45, 7) is 2.70. The Morgan fingerprint density at radius 2 is 1.64 bits per heavy atom. The summed E-state index contributed by atoms with van der Waals surface area (Å²) in [6, 6.07) is 9.42. The second-order valence-corrected chi connectivity index (χ2v) is 13.4. The predicted octanol–water partition coefficient (Wildman–Crippen LogP) is 7.04. The first-order valence-corrected chi connectivity index (χ1v) is 17.1. The number of carboxylic acid groups (broad SMARTS) is 1. The van der Waals surface area contributed by atoms with Gasteiger partial charge in [-0.25, -0.2) is 4.79 Å². The second kappa shape index (κ2) is 16.6. The van der Waals surface area contributed by atoms with Crippen LogP contribution < -0.4 is 14.8 Å². The van der Waals surface area contributed by atoms with Crippen LogP contribution in [0.1, 0.15) is 33.5 Å². The van der Waals surface area contributed by atoms with E-state index in [0.29, 0.717) is 45.0 Å². The molecule has 3 aromatic rings. The lowest BCUT2D eigenvalue weighted by Gasteiger charge is -2.26. The highest BCUT2D eigenvalue weighted by Crippen LogP contribution is 2.42. The molecule has 0 bridgehead atoms. The Kier molecular flexibility index (Phi) is 12.4. The number of benzene rings is 3. The summed E-state index contributed by atoms with van der Waals surface area (Å²) in [5, 5.41) is 11.8. The number of thioether (sulfide) groups is 1. The lowest BCUT2D eigenvalue weighted by Crippen LogP contribution is -2.38. The van der Waals surface area contributed by atoms with Gasteiger partial charge in [-0.1, -0.05) is 30.0 Å². The van der Waals surface area contributed by atoms with E-state index < -0.39 is 46.8 Å². The summed E-state index contributed by atoms with van der Waals surface area (Å²) < 4.78 is 99.3. The number of nitrogens with one attached hydrogen (secondary N) is 1. The topological polar surface area (TPSA) is 118 Å². The Hall–Kier alpha value is -4.65. The average molecular weight is 784 g/mol. The number of anilines is 1. The third kappa shape index (κ3) is 10.1. The number of carbonyl (C=O) groups is 3. The van der Waals surface area contributed by atoms with Crippen molar-refractivity contribution in [2.75, 3.05) is 58.4 Å². The average Bonchev–Trinajstić information content (AvgIpc) is 3.37. The van der Waals surface area contributed by atoms with Crippen molar-refractivity contribution in [2.45, 2.75) is 18.8 Å². The van der Waals surface area contributed by atoms with Crippen molar-refractivity contribution >= 4 is 57.8 Å². The molecule has 2 N–H and O–H groups in total. The highest BCUT2D eigenvalue weighted by atomic mass is 32.2. The number of amides is 2. The highest BCUT2D eigenvalue weighted by molar-refractivity contribution is 8.26. The maximum absolute atomic E-state index is 13.8. The summed E-state index contributed by atoms with van der Waals surface area (Å²) in [6.07, 6.45) is -8.96. The van der Waals surface area contributed by atoms with Gasteiger partial charge in [0.15, 0.2) is 0 Å². The van der Waals surface area contributed by atoms with Gasteiger partial charge < -0.3 is 24.6 Å². The molecule has 10 nitrogen and oxygen atoms in total. The van der Waals surface area contributed by atoms with Gasteiger partial charge in [0.2, 0.25) is 5.91 Å². The largest absolute Gasteiger partial charge is 0.495 e. The quantitative estimate of drug-likeness (QED) is 0.113. The van der Waals surface area contributed by atoms with Gasteiger partial charge in [0.05, 0.1) is 47.6 Å². The van der Waals surface area contributed by atoms with Crippen LogP contribution in [0.4, 0.5) is 32.0 Å². The summed E-state index contributed by atoms with van der Waals surface area (Å²) >= 11 is 6.28. The second-order valence-electron chi connectivity index (χ2n) is 11.7. The Morgan fingerprint density at radius 3 is 2.26 bits per heavy atom. The van der Waals surface area contributed by atoms with Crippen LogP contribution in [-0.2, 0) is 26.7 Å². The molecule has 3 aromatic carbocycles. The van der Waals surface area contributed by atoms with Crippen LogP contribution in [0.5, 0.6) is 11.5 Å². The van der Waals surface area contributed by atoms with E-state index in [1.54, 1.807) is 0 Å². The predicted molar refractivity (Wildman–Crippen MR) is 188 cm³/mol. The van der Waals surface area contributed by atoms with E-state index in [-0.39, 0.29) is 68.7 Å². The molecule has 0 spiro atoms. The summed E-state index contributed by atoms with van der Waals surface area (Å²) in [5.41, 5.74) is -3.02. The van der Waals surface area contributed by atoms with Gasteiger partial charge in [0.1, 0.15) is 22.4 Å². The SMILES string of the molecule is COc1cc(C(=O)O)ccc1NC(=O)CCN1C(=O)C(=Cc2ccc(OCCN3CCOCC3)c(-c3cc(C(F)(F)F)cc(C(F)(F)F)c3)c2)SC1=S. The van der Waals surface area contributed by atoms with Crippen molar-refractivity contribution in [1.82, 2.24) is 9.80 Å². The molecule has 0 aliphatic carbocycles. The van der Waals surface area contributed by atoms with E-state index in [9.17, 15) is 45.8 Å². The van der Waals surface area contributed by atoms with Crippen LogP contribution in [0.2, 0.25) is 0 Å². The fourth-order valence-corrected chi connectivity index (χ4v) is 6.72. The van der Waals surface area contributed by atoms with Crippen LogP contribution in [0.25, 0.3) is 17.2 Å². The van der Waals surface area contributed by atoms with E-state index in [2.05, 4.69) is 5.32 Å². The van der Waals surface area contributed by atoms with Gasteiger partial charge in [0, 0.05) is 38.2 Å². The normalized spacial score (nSPS) is 16.3. The highest BCUT2D eigenvalue weighted by Gasteiger charge is 2.37. The smallest absolute Gasteiger partial charge is 0.416 e. The van der Waals surface area contributed by atoms with Gasteiger partial charge in [-0.15, -0.1) is 0 Å². The zero-order chi connectivity index (χ0) is 38.5. The van der Waals surface area contributed by atoms with Crippen molar-refractivity contribution in [1.29, 1.82) is 0 Å². The van der Waals surface area contributed by atoms with Gasteiger partial charge in [-0.05, 0) is 65.7 Å². The van der Waals surface area contributed by atoms with Crippen LogP contribution in [0.3, 0.4) is 0 Å². The van der Waals surface area contributed by atoms with Gasteiger partial charge in [0.25, 0.3) is 5.91 Å². The van der Waals surface area contributed by atoms with Crippen LogP contribution >= 0.6 is 24.0 Å². The number of halogens is 6. The van der Waals surface area contributed by atoms with Crippen LogP contribution in [-0.4, -0.2) is 90.1 Å². The molecule has 2 heterocycles. The minimum Gasteiger partial charge on any atom is -0.495 e. The molecule has 2 saturated heterocycles. The monoisotopic (exact) mass is 783 g/mol. The van der Waals surface area contributed by atoms with Crippen molar-refractivity contribution < 1.29 is 60.0 Å². The molecule has 2 amide bonds. The van der Waals surface area contributed by atoms with Gasteiger partial charge in [-0.2, -0.15) is 26.3 Å². The number of ether oxygens (including phenoxy) is 3. The molecule has 0 unspecified atom stereocenters. The number of rotatable bonds is 12. The molecule has 0 radical (unpaired) electrons. The molecule has 18 heteroatoms. The maximum Gasteiger partial charge on any atom is 0.416 e. The molecule has 0 atom stereocenters. The fourth-order valence-electron chi connectivity index (χ4n) is 5.41. The van der Waals surface area contributed by atoms with Crippen LogP contribution in [0, 0.1) is 0 Å². The Morgan fingerprint density at radius 1 is 0.962 bits per heavy atom. The number of methoxy groups -OCH3 is 1. The first-order chi connectivity index (χ1) is 25.0. The first kappa shape index (κ1) is 39.6. The number of carbonyl (C=O) groups excluding carboxylic acids is 2. The molecule has 282 valence electrons. The van der Waals surface area contributed by atoms with Crippen LogP contribution in [0.15, 0.2) is 59.5 Å². The molecule has 2 aliphatic rings. The zero-order valence-electron chi connectivity index (χ0n) is 27.8. The van der Waals surface area contributed by atoms with E-state index >= 15 is 0 Å². The Balaban J connectivity index is 1.38. The van der Waals surface area contributed by atoms with E-state index in [1.165, 1.54) is 54.5 Å². The number of hydrogen-bond acceptors (Lipinski definition) is 9. The molecule has 5 rings (SSSR count). The molecular weight excluding hydrogens is 753 g/mol. The lowest BCUT2D eigenvalue weighted by molar-refractivity contribution is -0.143. The lowest BCUT2D eigenvalue weighted by atomic mass is 9.96.